The van der Waals surface area contributed by atoms with Crippen LogP contribution in [0.3, 0.4) is 0 Å². The van der Waals surface area contributed by atoms with Crippen LogP contribution in [0, 0.1) is 9.39 Å². The fourth-order valence-electron chi connectivity index (χ4n) is 1.31. The predicted octanol–water partition coefficient (Wildman–Crippen LogP) is 3.06. The van der Waals surface area contributed by atoms with Crippen molar-refractivity contribution in [3.8, 4) is 0 Å². The maximum absolute atomic E-state index is 13.3. The highest BCUT2D eigenvalue weighted by molar-refractivity contribution is 14.1. The van der Waals surface area contributed by atoms with E-state index in [0.717, 1.165) is 0 Å². The van der Waals surface area contributed by atoms with Gasteiger partial charge >= 0.3 is 0 Å². The molecule has 0 aliphatic rings. The Kier molecular flexibility index (Phi) is 3.28. The van der Waals surface area contributed by atoms with Gasteiger partial charge in [0.1, 0.15) is 11.5 Å². The summed E-state index contributed by atoms with van der Waals surface area (Å²) in [6.45, 7) is 0. The third-order valence-electron chi connectivity index (χ3n) is 2.09. The Morgan fingerprint density at radius 1 is 1.19 bits per heavy atom. The fourth-order valence-corrected chi connectivity index (χ4v) is 1.92. The molecule has 2 nitrogen and oxygen atoms in total. The van der Waals surface area contributed by atoms with Crippen LogP contribution in [-0.4, -0.2) is 10.8 Å². The summed E-state index contributed by atoms with van der Waals surface area (Å²) in [6.07, 6.45) is 1.54. The zero-order chi connectivity index (χ0) is 11.5. The number of hydrogen-bond donors (Lipinski definition) is 0. The molecule has 0 radical (unpaired) electrons. The molecule has 0 N–H and O–H groups in total. The Morgan fingerprint density at radius 2 is 2.00 bits per heavy atom. The molecule has 16 heavy (non-hydrogen) atoms. The van der Waals surface area contributed by atoms with Gasteiger partial charge in [0.15, 0.2) is 0 Å². The SMILES string of the molecule is O=C(c1ccccn1)c1cccc(F)c1I. The first-order valence-corrected chi connectivity index (χ1v) is 5.68. The lowest BCUT2D eigenvalue weighted by Crippen LogP contribution is -2.06. The van der Waals surface area contributed by atoms with E-state index < -0.39 is 0 Å². The van der Waals surface area contributed by atoms with Crippen LogP contribution in [0.5, 0.6) is 0 Å². The first-order valence-electron chi connectivity index (χ1n) is 4.60. The van der Waals surface area contributed by atoms with Crippen molar-refractivity contribution < 1.29 is 9.18 Å². The maximum Gasteiger partial charge on any atom is 0.212 e. The average Bonchev–Trinajstić information content (AvgIpc) is 2.33. The molecule has 0 fully saturated rings. The van der Waals surface area contributed by atoms with Gasteiger partial charge in [0.05, 0.1) is 3.57 Å². The van der Waals surface area contributed by atoms with Crippen molar-refractivity contribution in [3.63, 3.8) is 0 Å². The number of nitrogens with zero attached hydrogens (tertiary/aromatic N) is 1. The molecule has 0 unspecified atom stereocenters. The highest BCUT2D eigenvalue weighted by Gasteiger charge is 2.15. The lowest BCUT2D eigenvalue weighted by molar-refractivity contribution is 0.103. The third-order valence-corrected chi connectivity index (χ3v) is 3.19. The molecular formula is C12H7FINO. The van der Waals surface area contributed by atoms with Crippen LogP contribution in [0.15, 0.2) is 42.6 Å². The molecule has 0 amide bonds. The molecule has 2 rings (SSSR count). The highest BCUT2D eigenvalue weighted by Crippen LogP contribution is 2.18. The maximum atomic E-state index is 13.3. The van der Waals surface area contributed by atoms with E-state index in [-0.39, 0.29) is 11.6 Å². The van der Waals surface area contributed by atoms with E-state index in [1.165, 1.54) is 12.1 Å². The van der Waals surface area contributed by atoms with Crippen molar-refractivity contribution in [2.45, 2.75) is 0 Å². The van der Waals surface area contributed by atoms with E-state index in [4.69, 9.17) is 0 Å². The summed E-state index contributed by atoms with van der Waals surface area (Å²) < 4.78 is 13.6. The molecule has 1 heterocycles. The second-order valence-electron chi connectivity index (χ2n) is 3.15. The number of carbonyl (C=O) groups is 1. The van der Waals surface area contributed by atoms with Crippen LogP contribution in [0.4, 0.5) is 4.39 Å². The van der Waals surface area contributed by atoms with Gasteiger partial charge in [0.2, 0.25) is 5.78 Å². The third kappa shape index (κ3) is 2.11. The summed E-state index contributed by atoms with van der Waals surface area (Å²) in [7, 11) is 0. The number of aromatic nitrogens is 1. The van der Waals surface area contributed by atoms with Gasteiger partial charge in [-0.3, -0.25) is 9.78 Å². The molecule has 0 saturated carbocycles. The number of rotatable bonds is 2. The second-order valence-corrected chi connectivity index (χ2v) is 4.22. The van der Waals surface area contributed by atoms with Crippen molar-refractivity contribution in [1.29, 1.82) is 0 Å². The number of benzene rings is 1. The Hall–Kier alpha value is -1.30. The van der Waals surface area contributed by atoms with Gasteiger partial charge in [-0.25, -0.2) is 4.39 Å². The molecule has 0 aliphatic carbocycles. The van der Waals surface area contributed by atoms with Gasteiger partial charge in [-0.2, -0.15) is 0 Å². The standard InChI is InChI=1S/C12H7FINO/c13-9-5-3-4-8(11(9)14)12(16)10-6-1-2-7-15-10/h1-7H. The summed E-state index contributed by atoms with van der Waals surface area (Å²) in [5.41, 5.74) is 0.672. The van der Waals surface area contributed by atoms with E-state index in [0.29, 0.717) is 14.8 Å². The molecule has 0 saturated heterocycles. The van der Waals surface area contributed by atoms with Crippen LogP contribution in [-0.2, 0) is 0 Å². The van der Waals surface area contributed by atoms with E-state index in [1.807, 2.05) is 22.6 Å². The minimum Gasteiger partial charge on any atom is -0.287 e. The fraction of sp³-hybridized carbons (Fsp3) is 0. The molecule has 4 heteroatoms. The summed E-state index contributed by atoms with van der Waals surface area (Å²) in [6, 6.07) is 9.52. The van der Waals surface area contributed by atoms with Crippen LogP contribution in [0.1, 0.15) is 16.1 Å². The Bertz CT molecular complexity index is 528. The van der Waals surface area contributed by atoms with Gasteiger partial charge in [0.25, 0.3) is 0 Å². The summed E-state index contributed by atoms with van der Waals surface area (Å²) in [5, 5.41) is 0. The molecule has 80 valence electrons. The van der Waals surface area contributed by atoms with Crippen LogP contribution < -0.4 is 0 Å². The molecule has 0 spiro atoms. The molecular weight excluding hydrogens is 320 g/mol. The summed E-state index contributed by atoms with van der Waals surface area (Å²) in [5.74, 6) is -0.646. The zero-order valence-electron chi connectivity index (χ0n) is 8.15. The van der Waals surface area contributed by atoms with Crippen LogP contribution in [0.2, 0.25) is 0 Å². The molecule has 1 aromatic heterocycles. The quantitative estimate of drug-likeness (QED) is 0.627. The van der Waals surface area contributed by atoms with Gasteiger partial charge in [-0.05, 0) is 46.9 Å². The molecule has 0 bridgehead atoms. The minimum absolute atomic E-state index is 0.260. The second kappa shape index (κ2) is 4.69. The van der Waals surface area contributed by atoms with Crippen LogP contribution in [0.25, 0.3) is 0 Å². The van der Waals surface area contributed by atoms with Gasteiger partial charge in [-0.15, -0.1) is 0 Å². The predicted molar refractivity (Wildman–Crippen MR) is 66.8 cm³/mol. The molecule has 2 aromatic rings. The largest absolute Gasteiger partial charge is 0.287 e. The average molecular weight is 327 g/mol. The Morgan fingerprint density at radius 3 is 2.69 bits per heavy atom. The van der Waals surface area contributed by atoms with E-state index >= 15 is 0 Å². The minimum atomic E-state index is -0.387. The molecule has 0 atom stereocenters. The normalized spacial score (nSPS) is 10.1. The number of pyridine rings is 1. The van der Waals surface area contributed by atoms with Gasteiger partial charge < -0.3 is 0 Å². The van der Waals surface area contributed by atoms with Crippen molar-refractivity contribution in [2.24, 2.45) is 0 Å². The Labute approximate surface area is 106 Å². The Balaban J connectivity index is 2.46. The smallest absolute Gasteiger partial charge is 0.212 e. The number of hydrogen-bond acceptors (Lipinski definition) is 2. The van der Waals surface area contributed by atoms with Gasteiger partial charge in [0, 0.05) is 11.8 Å². The van der Waals surface area contributed by atoms with Gasteiger partial charge in [-0.1, -0.05) is 12.1 Å². The summed E-state index contributed by atoms with van der Waals surface area (Å²) in [4.78, 5) is 15.9. The number of ketones is 1. The topological polar surface area (TPSA) is 30.0 Å². The first-order chi connectivity index (χ1) is 7.70. The first kappa shape index (κ1) is 11.2. The van der Waals surface area contributed by atoms with E-state index in [2.05, 4.69) is 4.98 Å². The van der Waals surface area contributed by atoms with Crippen molar-refractivity contribution in [3.05, 3.63) is 63.2 Å². The number of halogens is 2. The van der Waals surface area contributed by atoms with Crippen LogP contribution >= 0.6 is 22.6 Å². The van der Waals surface area contributed by atoms with E-state index in [9.17, 15) is 9.18 Å². The van der Waals surface area contributed by atoms with Crippen molar-refractivity contribution >= 4 is 28.4 Å². The highest BCUT2D eigenvalue weighted by atomic mass is 127. The van der Waals surface area contributed by atoms with E-state index in [1.54, 1.807) is 30.5 Å². The monoisotopic (exact) mass is 327 g/mol. The molecule has 0 aliphatic heterocycles. The lowest BCUT2D eigenvalue weighted by atomic mass is 10.1. The lowest BCUT2D eigenvalue weighted by Gasteiger charge is -2.03. The van der Waals surface area contributed by atoms with Crippen molar-refractivity contribution in [2.75, 3.05) is 0 Å². The van der Waals surface area contributed by atoms with Crippen molar-refractivity contribution in [1.82, 2.24) is 4.98 Å². The summed E-state index contributed by atoms with van der Waals surface area (Å²) >= 11 is 1.82. The zero-order valence-corrected chi connectivity index (χ0v) is 10.3. The number of carbonyl (C=O) groups excluding carboxylic acids is 1. The molecule has 1 aromatic carbocycles.